The molecule has 0 amide bonds. The summed E-state index contributed by atoms with van der Waals surface area (Å²) in [5.41, 5.74) is 1.34. The van der Waals surface area contributed by atoms with Crippen molar-refractivity contribution in [2.24, 2.45) is 11.8 Å². The molecule has 3 unspecified atom stereocenters. The minimum absolute atomic E-state index is 0.342. The first-order valence-corrected chi connectivity index (χ1v) is 6.74. The highest BCUT2D eigenvalue weighted by molar-refractivity contribution is 5.91. The Morgan fingerprint density at radius 1 is 1.25 bits per heavy atom. The number of carbonyl (C=O) groups excluding carboxylic acids is 1. The number of hydrogen-bond donors (Lipinski definition) is 0. The fourth-order valence-corrected chi connectivity index (χ4v) is 3.85. The highest BCUT2D eigenvalue weighted by atomic mass is 16.1. The molecule has 88 valence electrons. The Morgan fingerprint density at radius 2 is 2.12 bits per heavy atom. The van der Waals surface area contributed by atoms with Crippen molar-refractivity contribution in [2.75, 3.05) is 6.54 Å². The molecular formula is C14H21NO. The molecule has 1 saturated carbocycles. The van der Waals surface area contributed by atoms with E-state index in [1.165, 1.54) is 31.4 Å². The summed E-state index contributed by atoms with van der Waals surface area (Å²) in [7, 11) is 0. The molecule has 0 spiro atoms. The molecule has 0 radical (unpaired) electrons. The lowest BCUT2D eigenvalue weighted by Crippen LogP contribution is -2.48. The average molecular weight is 219 g/mol. The van der Waals surface area contributed by atoms with Gasteiger partial charge < -0.3 is 4.90 Å². The molecule has 16 heavy (non-hydrogen) atoms. The van der Waals surface area contributed by atoms with Crippen LogP contribution in [0.2, 0.25) is 0 Å². The van der Waals surface area contributed by atoms with E-state index in [9.17, 15) is 4.79 Å². The maximum Gasteiger partial charge on any atom is 0.159 e. The van der Waals surface area contributed by atoms with Gasteiger partial charge >= 0.3 is 0 Å². The summed E-state index contributed by atoms with van der Waals surface area (Å²) in [4.78, 5) is 14.0. The lowest BCUT2D eigenvalue weighted by atomic mass is 9.73. The van der Waals surface area contributed by atoms with Crippen LogP contribution >= 0.6 is 0 Å². The number of nitrogens with zero attached hydrogens (tertiary/aromatic N) is 1. The highest BCUT2D eigenvalue weighted by Gasteiger charge is 2.38. The third-order valence-corrected chi connectivity index (χ3v) is 4.67. The SMILES string of the molecule is CC1CCC2C(CCC3=CC(=O)CCN32)C1. The molecule has 2 heteroatoms. The van der Waals surface area contributed by atoms with Crippen molar-refractivity contribution >= 4 is 5.78 Å². The monoisotopic (exact) mass is 219 g/mol. The van der Waals surface area contributed by atoms with Gasteiger partial charge in [0, 0.05) is 30.8 Å². The minimum Gasteiger partial charge on any atom is -0.371 e. The summed E-state index contributed by atoms with van der Waals surface area (Å²) in [6.07, 6.45) is 9.23. The summed E-state index contributed by atoms with van der Waals surface area (Å²) >= 11 is 0. The fraction of sp³-hybridized carbons (Fsp3) is 0.786. The van der Waals surface area contributed by atoms with E-state index in [1.54, 1.807) is 0 Å². The summed E-state index contributed by atoms with van der Waals surface area (Å²) in [6.45, 7) is 3.38. The van der Waals surface area contributed by atoms with Gasteiger partial charge in [-0.25, -0.2) is 0 Å². The van der Waals surface area contributed by atoms with E-state index in [1.807, 2.05) is 6.08 Å². The van der Waals surface area contributed by atoms with Crippen LogP contribution in [0.15, 0.2) is 11.8 Å². The second kappa shape index (κ2) is 3.90. The number of fused-ring (bicyclic) bond motifs is 3. The molecule has 0 aromatic rings. The third-order valence-electron chi connectivity index (χ3n) is 4.67. The molecular weight excluding hydrogens is 198 g/mol. The van der Waals surface area contributed by atoms with Gasteiger partial charge in [-0.15, -0.1) is 0 Å². The Labute approximate surface area is 97.7 Å². The summed E-state index contributed by atoms with van der Waals surface area (Å²) in [5, 5.41) is 0. The number of carbonyl (C=O) groups is 1. The van der Waals surface area contributed by atoms with Gasteiger partial charge in [0.2, 0.25) is 0 Å². The molecule has 1 saturated heterocycles. The van der Waals surface area contributed by atoms with Crippen molar-refractivity contribution in [3.63, 3.8) is 0 Å². The van der Waals surface area contributed by atoms with Crippen LogP contribution < -0.4 is 0 Å². The zero-order chi connectivity index (χ0) is 11.1. The van der Waals surface area contributed by atoms with Gasteiger partial charge in [-0.1, -0.05) is 6.92 Å². The smallest absolute Gasteiger partial charge is 0.159 e. The molecule has 3 atom stereocenters. The van der Waals surface area contributed by atoms with Crippen LogP contribution in [0.5, 0.6) is 0 Å². The van der Waals surface area contributed by atoms with Crippen LogP contribution in [-0.4, -0.2) is 23.3 Å². The number of allylic oxidation sites excluding steroid dienone is 2. The largest absolute Gasteiger partial charge is 0.371 e. The molecule has 0 bridgehead atoms. The molecule has 2 nitrogen and oxygen atoms in total. The maximum absolute atomic E-state index is 11.4. The van der Waals surface area contributed by atoms with Crippen molar-refractivity contribution in [1.82, 2.24) is 4.90 Å². The van der Waals surface area contributed by atoms with Crippen LogP contribution in [0.25, 0.3) is 0 Å². The van der Waals surface area contributed by atoms with Crippen LogP contribution in [0.3, 0.4) is 0 Å². The van der Waals surface area contributed by atoms with Crippen molar-refractivity contribution in [3.05, 3.63) is 11.8 Å². The lowest BCUT2D eigenvalue weighted by molar-refractivity contribution is -0.116. The first-order valence-electron chi connectivity index (χ1n) is 6.74. The van der Waals surface area contributed by atoms with Crippen molar-refractivity contribution in [2.45, 2.75) is 51.5 Å². The molecule has 0 aromatic carbocycles. The van der Waals surface area contributed by atoms with Crippen LogP contribution in [0, 0.1) is 11.8 Å². The van der Waals surface area contributed by atoms with Gasteiger partial charge in [-0.2, -0.15) is 0 Å². The number of hydrogen-bond acceptors (Lipinski definition) is 2. The molecule has 2 aliphatic heterocycles. The predicted octanol–water partition coefficient (Wildman–Crippen LogP) is 2.74. The summed E-state index contributed by atoms with van der Waals surface area (Å²) < 4.78 is 0. The number of piperidine rings is 1. The summed E-state index contributed by atoms with van der Waals surface area (Å²) in [6, 6.07) is 0.754. The minimum atomic E-state index is 0.342. The molecule has 2 heterocycles. The molecule has 3 rings (SSSR count). The van der Waals surface area contributed by atoms with E-state index in [0.717, 1.165) is 37.3 Å². The Hall–Kier alpha value is -0.790. The molecule has 1 aliphatic carbocycles. The third kappa shape index (κ3) is 1.68. The first-order chi connectivity index (χ1) is 7.74. The van der Waals surface area contributed by atoms with Crippen molar-refractivity contribution < 1.29 is 4.79 Å². The van der Waals surface area contributed by atoms with Crippen LogP contribution in [0.1, 0.15) is 45.4 Å². The predicted molar refractivity (Wildman–Crippen MR) is 63.9 cm³/mol. The van der Waals surface area contributed by atoms with E-state index < -0.39 is 0 Å². The standard InChI is InChI=1S/C14H21NO/c1-10-2-5-14-11(8-10)3-4-12-9-13(16)6-7-15(12)14/h9-11,14H,2-8H2,1H3. The number of rotatable bonds is 0. The van der Waals surface area contributed by atoms with Crippen LogP contribution in [0.4, 0.5) is 0 Å². The zero-order valence-corrected chi connectivity index (χ0v) is 10.1. The van der Waals surface area contributed by atoms with E-state index in [-0.39, 0.29) is 0 Å². The van der Waals surface area contributed by atoms with Crippen molar-refractivity contribution in [1.29, 1.82) is 0 Å². The highest BCUT2D eigenvalue weighted by Crippen LogP contribution is 2.42. The van der Waals surface area contributed by atoms with E-state index in [2.05, 4.69) is 11.8 Å². The van der Waals surface area contributed by atoms with E-state index in [0.29, 0.717) is 5.78 Å². The molecule has 0 N–H and O–H groups in total. The van der Waals surface area contributed by atoms with E-state index in [4.69, 9.17) is 0 Å². The first kappa shape index (κ1) is 10.4. The Balaban J connectivity index is 1.81. The molecule has 2 fully saturated rings. The number of ketones is 1. The molecule has 0 aromatic heterocycles. The van der Waals surface area contributed by atoms with Crippen LogP contribution in [-0.2, 0) is 4.79 Å². The Bertz CT molecular complexity index is 334. The molecule has 3 aliphatic rings. The average Bonchev–Trinajstić information content (AvgIpc) is 2.28. The van der Waals surface area contributed by atoms with Gasteiger partial charge in [-0.05, 0) is 43.9 Å². The second-order valence-electron chi connectivity index (χ2n) is 5.83. The van der Waals surface area contributed by atoms with Gasteiger partial charge in [0.15, 0.2) is 5.78 Å². The van der Waals surface area contributed by atoms with Gasteiger partial charge in [0.25, 0.3) is 0 Å². The van der Waals surface area contributed by atoms with Gasteiger partial charge in [-0.3, -0.25) is 4.79 Å². The van der Waals surface area contributed by atoms with E-state index >= 15 is 0 Å². The van der Waals surface area contributed by atoms with Gasteiger partial charge in [0.1, 0.15) is 0 Å². The summed E-state index contributed by atoms with van der Waals surface area (Å²) in [5.74, 6) is 2.15. The Morgan fingerprint density at radius 3 is 3.00 bits per heavy atom. The maximum atomic E-state index is 11.4. The quantitative estimate of drug-likeness (QED) is 0.624. The normalized spacial score (nSPS) is 38.8. The lowest BCUT2D eigenvalue weighted by Gasteiger charge is -2.49. The fourth-order valence-electron chi connectivity index (χ4n) is 3.85. The van der Waals surface area contributed by atoms with Gasteiger partial charge in [0.05, 0.1) is 0 Å². The Kier molecular flexibility index (Phi) is 2.53. The van der Waals surface area contributed by atoms with Crippen molar-refractivity contribution in [3.8, 4) is 0 Å². The zero-order valence-electron chi connectivity index (χ0n) is 10.1. The topological polar surface area (TPSA) is 20.3 Å². The second-order valence-corrected chi connectivity index (χ2v) is 5.83.